The molecular weight excluding hydrogens is 410 g/mol. The van der Waals surface area contributed by atoms with Crippen LogP contribution in [0.3, 0.4) is 0 Å². The quantitative estimate of drug-likeness (QED) is 0.742. The Balaban J connectivity index is 2.52. The molecule has 0 aliphatic carbocycles. The number of rotatable bonds is 6. The summed E-state index contributed by atoms with van der Waals surface area (Å²) in [6.45, 7) is 0. The van der Waals surface area contributed by atoms with Gasteiger partial charge in [0.2, 0.25) is 0 Å². The van der Waals surface area contributed by atoms with E-state index in [-0.39, 0.29) is 27.0 Å². The topological polar surface area (TPSA) is 102 Å². The van der Waals surface area contributed by atoms with E-state index in [0.29, 0.717) is 3.79 Å². The third-order valence-corrected chi connectivity index (χ3v) is 6.29. The summed E-state index contributed by atoms with van der Waals surface area (Å²) in [4.78, 5) is 11.4. The second-order valence-corrected chi connectivity index (χ2v) is 8.59. The van der Waals surface area contributed by atoms with Gasteiger partial charge in [-0.2, -0.15) is 0 Å². The Hall–Kier alpha value is -1.78. The van der Waals surface area contributed by atoms with E-state index in [9.17, 15) is 18.3 Å². The summed E-state index contributed by atoms with van der Waals surface area (Å²) in [6.07, 6.45) is 0. The van der Waals surface area contributed by atoms with Crippen LogP contribution in [-0.2, 0) is 10.0 Å². The summed E-state index contributed by atoms with van der Waals surface area (Å²) in [7, 11) is -1.19. The summed E-state index contributed by atoms with van der Waals surface area (Å²) < 4.78 is 37.8. The molecule has 1 aromatic carbocycles. The van der Waals surface area contributed by atoms with Crippen molar-refractivity contribution in [3.63, 3.8) is 0 Å². The Morgan fingerprint density at radius 3 is 2.30 bits per heavy atom. The molecule has 0 saturated carbocycles. The van der Waals surface area contributed by atoms with Gasteiger partial charge in [0.25, 0.3) is 10.0 Å². The van der Waals surface area contributed by atoms with E-state index in [1.165, 1.54) is 32.4 Å². The number of anilines is 1. The van der Waals surface area contributed by atoms with Crippen LogP contribution in [0.1, 0.15) is 10.4 Å². The van der Waals surface area contributed by atoms with Crippen LogP contribution in [0.15, 0.2) is 32.3 Å². The third-order valence-electron chi connectivity index (χ3n) is 2.81. The highest BCUT2D eigenvalue weighted by Gasteiger charge is 2.22. The van der Waals surface area contributed by atoms with Gasteiger partial charge in [0, 0.05) is 12.1 Å². The Morgan fingerprint density at radius 2 is 1.83 bits per heavy atom. The first-order valence-electron chi connectivity index (χ1n) is 6.06. The van der Waals surface area contributed by atoms with Crippen molar-refractivity contribution in [2.24, 2.45) is 0 Å². The highest BCUT2D eigenvalue weighted by atomic mass is 79.9. The van der Waals surface area contributed by atoms with E-state index in [4.69, 9.17) is 9.47 Å². The number of thiophene rings is 1. The van der Waals surface area contributed by atoms with Crippen LogP contribution in [0, 0.1) is 0 Å². The predicted octanol–water partition coefficient (Wildman–Crippen LogP) is 3.03. The molecule has 0 bridgehead atoms. The Labute approximate surface area is 145 Å². The fourth-order valence-corrected chi connectivity index (χ4v) is 4.86. The van der Waals surface area contributed by atoms with Crippen LogP contribution in [-0.4, -0.2) is 33.7 Å². The lowest BCUT2D eigenvalue weighted by Crippen LogP contribution is -2.15. The van der Waals surface area contributed by atoms with E-state index in [0.717, 1.165) is 11.3 Å². The van der Waals surface area contributed by atoms with Crippen LogP contribution in [0.5, 0.6) is 11.5 Å². The van der Waals surface area contributed by atoms with Crippen LogP contribution in [0.2, 0.25) is 0 Å². The summed E-state index contributed by atoms with van der Waals surface area (Å²) in [5.74, 6) is -0.898. The molecule has 0 saturated heterocycles. The zero-order valence-corrected chi connectivity index (χ0v) is 15.2. The molecular formula is C13H12BrNO6S2. The lowest BCUT2D eigenvalue weighted by molar-refractivity contribution is 0.0697. The van der Waals surface area contributed by atoms with Gasteiger partial charge in [0.15, 0.2) is 11.5 Å². The first-order chi connectivity index (χ1) is 10.8. The number of methoxy groups -OCH3 is 2. The number of aromatic carboxylic acids is 1. The molecule has 0 spiro atoms. The van der Waals surface area contributed by atoms with Crippen LogP contribution < -0.4 is 14.2 Å². The molecule has 2 rings (SSSR count). The molecule has 124 valence electrons. The number of hydrogen-bond donors (Lipinski definition) is 2. The van der Waals surface area contributed by atoms with Crippen molar-refractivity contribution in [3.8, 4) is 11.5 Å². The van der Waals surface area contributed by atoms with Gasteiger partial charge >= 0.3 is 5.97 Å². The summed E-state index contributed by atoms with van der Waals surface area (Å²) >= 11 is 4.19. The standard InChI is InChI=1S/C13H12BrNO6S2/c1-20-9-5-7(13(16)17)8(6-10(9)21-2)15-23(18,19)12-4-3-11(14)22-12/h3-6,15H,1-2H3,(H,16,17). The van der Waals surface area contributed by atoms with Crippen molar-refractivity contribution in [3.05, 3.63) is 33.6 Å². The second kappa shape index (κ2) is 6.77. The van der Waals surface area contributed by atoms with Crippen molar-refractivity contribution in [1.29, 1.82) is 0 Å². The van der Waals surface area contributed by atoms with E-state index < -0.39 is 16.0 Å². The van der Waals surface area contributed by atoms with Crippen molar-refractivity contribution < 1.29 is 27.8 Å². The molecule has 2 aromatic rings. The van der Waals surface area contributed by atoms with Gasteiger partial charge in [-0.25, -0.2) is 13.2 Å². The first-order valence-corrected chi connectivity index (χ1v) is 9.15. The van der Waals surface area contributed by atoms with E-state index in [1.54, 1.807) is 6.07 Å². The zero-order chi connectivity index (χ0) is 17.2. The lowest BCUT2D eigenvalue weighted by Gasteiger charge is -2.14. The Morgan fingerprint density at radius 1 is 1.22 bits per heavy atom. The number of benzene rings is 1. The van der Waals surface area contributed by atoms with Crippen LogP contribution >= 0.6 is 27.3 Å². The van der Waals surface area contributed by atoms with Gasteiger partial charge in [0.1, 0.15) is 4.21 Å². The van der Waals surface area contributed by atoms with E-state index in [2.05, 4.69) is 20.7 Å². The number of halogens is 1. The third kappa shape index (κ3) is 3.77. The summed E-state index contributed by atoms with van der Waals surface area (Å²) in [6, 6.07) is 5.47. The molecule has 0 atom stereocenters. The number of nitrogens with one attached hydrogen (secondary N) is 1. The van der Waals surface area contributed by atoms with Crippen molar-refractivity contribution in [1.82, 2.24) is 0 Å². The fourth-order valence-electron chi connectivity index (χ4n) is 1.78. The minimum absolute atomic E-state index is 0.0514. The largest absolute Gasteiger partial charge is 0.493 e. The highest BCUT2D eigenvalue weighted by molar-refractivity contribution is 9.11. The molecule has 0 unspecified atom stereocenters. The van der Waals surface area contributed by atoms with Crippen molar-refractivity contribution in [2.75, 3.05) is 18.9 Å². The van der Waals surface area contributed by atoms with Gasteiger partial charge in [-0.3, -0.25) is 4.72 Å². The first kappa shape index (κ1) is 17.6. The maximum absolute atomic E-state index is 12.4. The lowest BCUT2D eigenvalue weighted by atomic mass is 10.1. The number of carbonyl (C=O) groups is 1. The fraction of sp³-hybridized carbons (Fsp3) is 0.154. The number of ether oxygens (including phenoxy) is 2. The maximum atomic E-state index is 12.4. The molecule has 7 nitrogen and oxygen atoms in total. The molecule has 1 heterocycles. The van der Waals surface area contributed by atoms with Crippen molar-refractivity contribution in [2.45, 2.75) is 4.21 Å². The predicted molar refractivity (Wildman–Crippen MR) is 89.3 cm³/mol. The molecule has 2 N–H and O–H groups in total. The van der Waals surface area contributed by atoms with Crippen LogP contribution in [0.25, 0.3) is 0 Å². The van der Waals surface area contributed by atoms with Gasteiger partial charge in [0.05, 0.1) is 29.3 Å². The van der Waals surface area contributed by atoms with Gasteiger partial charge in [-0.05, 0) is 28.1 Å². The van der Waals surface area contributed by atoms with Crippen molar-refractivity contribution >= 4 is 48.9 Å². The zero-order valence-electron chi connectivity index (χ0n) is 12.0. The average molecular weight is 422 g/mol. The van der Waals surface area contributed by atoms with Gasteiger partial charge < -0.3 is 14.6 Å². The molecule has 1 aromatic heterocycles. The smallest absolute Gasteiger partial charge is 0.337 e. The average Bonchev–Trinajstić information content (AvgIpc) is 2.93. The molecule has 0 radical (unpaired) electrons. The number of carboxylic acids is 1. The minimum atomic E-state index is -3.91. The Bertz CT molecular complexity index is 846. The van der Waals surface area contributed by atoms with Crippen LogP contribution in [0.4, 0.5) is 5.69 Å². The highest BCUT2D eigenvalue weighted by Crippen LogP contribution is 2.35. The molecule has 0 aliphatic heterocycles. The Kier molecular flexibility index (Phi) is 5.17. The van der Waals surface area contributed by atoms with Gasteiger partial charge in [-0.15, -0.1) is 11.3 Å². The van der Waals surface area contributed by atoms with E-state index in [1.807, 2.05) is 0 Å². The summed E-state index contributed by atoms with van der Waals surface area (Å²) in [5, 5.41) is 9.28. The van der Waals surface area contributed by atoms with E-state index >= 15 is 0 Å². The second-order valence-electron chi connectivity index (χ2n) is 4.22. The molecule has 23 heavy (non-hydrogen) atoms. The molecule has 0 amide bonds. The monoisotopic (exact) mass is 421 g/mol. The summed E-state index contributed by atoms with van der Waals surface area (Å²) in [5.41, 5.74) is -0.360. The molecule has 10 heteroatoms. The minimum Gasteiger partial charge on any atom is -0.493 e. The number of hydrogen-bond acceptors (Lipinski definition) is 6. The normalized spacial score (nSPS) is 11.1. The molecule has 0 fully saturated rings. The maximum Gasteiger partial charge on any atom is 0.337 e. The van der Waals surface area contributed by atoms with Gasteiger partial charge in [-0.1, -0.05) is 0 Å². The molecule has 0 aliphatic rings. The SMILES string of the molecule is COc1cc(NS(=O)(=O)c2ccc(Br)s2)c(C(=O)O)cc1OC. The number of carboxylic acid groups (broad SMARTS) is 1. The number of sulfonamides is 1.